The van der Waals surface area contributed by atoms with Crippen molar-refractivity contribution < 1.29 is 24.2 Å². The van der Waals surface area contributed by atoms with E-state index >= 15 is 0 Å². The molecule has 108 valence electrons. The fraction of sp³-hybridized carbons (Fsp3) is 0.308. The van der Waals surface area contributed by atoms with Crippen LogP contribution in [0, 0.1) is 0 Å². The Morgan fingerprint density at radius 2 is 1.95 bits per heavy atom. The molecule has 1 N–H and O–H groups in total. The second-order valence-electron chi connectivity index (χ2n) is 4.26. The Morgan fingerprint density at radius 3 is 2.55 bits per heavy atom. The number of Topliss-reactive ketones (excluding diaryl/α,β-unsaturated/α-hetero) is 1. The second kappa shape index (κ2) is 7.04. The maximum atomic E-state index is 11.8. The number of benzene rings is 1. The van der Waals surface area contributed by atoms with Crippen LogP contribution in [0.15, 0.2) is 30.3 Å². The highest BCUT2D eigenvalue weighted by Gasteiger charge is 2.39. The molecule has 2 rings (SSSR count). The van der Waals surface area contributed by atoms with E-state index in [0.29, 0.717) is 0 Å². The zero-order valence-electron chi connectivity index (χ0n) is 10.5. The van der Waals surface area contributed by atoms with Crippen molar-refractivity contribution in [3.05, 3.63) is 35.9 Å². The molecule has 1 fully saturated rings. The molecule has 0 saturated carbocycles. The summed E-state index contributed by atoms with van der Waals surface area (Å²) in [5.74, 6) is -1.47. The molecule has 6 nitrogen and oxygen atoms in total. The van der Waals surface area contributed by atoms with Crippen LogP contribution in [0.4, 0.5) is 4.79 Å². The van der Waals surface area contributed by atoms with Crippen molar-refractivity contribution in [3.63, 3.8) is 0 Å². The third-order valence-electron chi connectivity index (χ3n) is 2.87. The Balaban J connectivity index is 0.00000200. The number of ether oxygens (including phenoxy) is 1. The molecule has 1 aromatic carbocycles. The van der Waals surface area contributed by atoms with Gasteiger partial charge in [0.05, 0.1) is 6.54 Å². The van der Waals surface area contributed by atoms with Crippen molar-refractivity contribution in [2.45, 2.75) is 19.1 Å². The molecule has 20 heavy (non-hydrogen) atoms. The molecule has 1 aliphatic rings. The van der Waals surface area contributed by atoms with E-state index in [1.54, 1.807) is 12.1 Å². The lowest BCUT2D eigenvalue weighted by Gasteiger charge is -2.19. The van der Waals surface area contributed by atoms with Gasteiger partial charge < -0.3 is 9.84 Å². The van der Waals surface area contributed by atoms with Gasteiger partial charge >= 0.3 is 12.1 Å². The largest absolute Gasteiger partial charge is 0.480 e. The summed E-state index contributed by atoms with van der Waals surface area (Å²) in [7, 11) is 0. The highest BCUT2D eigenvalue weighted by molar-refractivity contribution is 8.93. The summed E-state index contributed by atoms with van der Waals surface area (Å²) < 4.78 is 5.01. The van der Waals surface area contributed by atoms with Crippen LogP contribution in [0.2, 0.25) is 0 Å². The summed E-state index contributed by atoms with van der Waals surface area (Å²) in [5.41, 5.74) is 0.799. The number of carbonyl (C=O) groups is 3. The lowest BCUT2D eigenvalue weighted by molar-refractivity contribution is -0.142. The minimum Gasteiger partial charge on any atom is -0.480 e. The van der Waals surface area contributed by atoms with E-state index in [1.807, 2.05) is 18.2 Å². The first-order chi connectivity index (χ1) is 9.08. The average Bonchev–Trinajstić information content (AvgIpc) is 2.79. The Morgan fingerprint density at radius 1 is 1.30 bits per heavy atom. The van der Waals surface area contributed by atoms with Gasteiger partial charge in [0.15, 0.2) is 5.78 Å². The Labute approximate surface area is 126 Å². The number of carbonyl (C=O) groups excluding carboxylic acids is 2. The molecule has 0 aromatic heterocycles. The number of hydrogen-bond donors (Lipinski definition) is 1. The van der Waals surface area contributed by atoms with Crippen molar-refractivity contribution in [1.82, 2.24) is 4.90 Å². The van der Waals surface area contributed by atoms with Gasteiger partial charge in [-0.15, -0.1) is 17.0 Å². The fourth-order valence-electron chi connectivity index (χ4n) is 1.91. The van der Waals surface area contributed by atoms with Crippen molar-refractivity contribution in [1.29, 1.82) is 0 Å². The molecule has 1 saturated heterocycles. The van der Waals surface area contributed by atoms with E-state index in [9.17, 15) is 14.4 Å². The number of nitrogens with zero attached hydrogens (tertiary/aromatic N) is 1. The third kappa shape index (κ3) is 3.80. The minimum atomic E-state index is -1.19. The number of halogens is 1. The number of hydrogen-bond acceptors (Lipinski definition) is 4. The molecule has 1 aromatic rings. The van der Waals surface area contributed by atoms with Gasteiger partial charge in [0, 0.05) is 6.42 Å². The first-order valence-electron chi connectivity index (χ1n) is 5.80. The SMILES string of the molecule is Br.O=C1C[C@@H](C(=O)O)N(C(=O)OCc2ccccc2)C1. The monoisotopic (exact) mass is 343 g/mol. The van der Waals surface area contributed by atoms with Crippen LogP contribution >= 0.6 is 17.0 Å². The quantitative estimate of drug-likeness (QED) is 0.901. The lowest BCUT2D eigenvalue weighted by Crippen LogP contribution is -2.40. The molecule has 0 spiro atoms. The van der Waals surface area contributed by atoms with Gasteiger partial charge in [-0.1, -0.05) is 30.3 Å². The van der Waals surface area contributed by atoms with Gasteiger partial charge in [0.2, 0.25) is 0 Å². The zero-order chi connectivity index (χ0) is 13.8. The maximum absolute atomic E-state index is 11.8. The number of carboxylic acids is 1. The van der Waals surface area contributed by atoms with E-state index in [-0.39, 0.29) is 42.3 Å². The molecule has 7 heteroatoms. The number of carboxylic acid groups (broad SMARTS) is 1. The smallest absolute Gasteiger partial charge is 0.411 e. The molecule has 1 heterocycles. The van der Waals surface area contributed by atoms with Crippen LogP contribution in [-0.2, 0) is 20.9 Å². The van der Waals surface area contributed by atoms with Crippen molar-refractivity contribution in [2.75, 3.05) is 6.54 Å². The molecule has 0 bridgehead atoms. The Bertz CT molecular complexity index is 505. The second-order valence-corrected chi connectivity index (χ2v) is 4.26. The Kier molecular flexibility index (Phi) is 5.69. The summed E-state index contributed by atoms with van der Waals surface area (Å²) in [5, 5.41) is 8.93. The molecule has 1 atom stereocenters. The highest BCUT2D eigenvalue weighted by Crippen LogP contribution is 2.16. The number of likely N-dealkylation sites (tertiary alicyclic amines) is 1. The van der Waals surface area contributed by atoms with Crippen LogP contribution in [0.3, 0.4) is 0 Å². The summed E-state index contributed by atoms with van der Waals surface area (Å²) in [6, 6.07) is 7.92. The summed E-state index contributed by atoms with van der Waals surface area (Å²) in [6.45, 7) is -0.151. The Hall–Kier alpha value is -1.89. The van der Waals surface area contributed by atoms with Crippen molar-refractivity contribution in [3.8, 4) is 0 Å². The van der Waals surface area contributed by atoms with Gasteiger partial charge in [-0.25, -0.2) is 9.59 Å². The molecule has 0 radical (unpaired) electrons. The van der Waals surface area contributed by atoms with E-state index in [4.69, 9.17) is 9.84 Å². The van der Waals surface area contributed by atoms with Crippen LogP contribution in [0.25, 0.3) is 0 Å². The summed E-state index contributed by atoms with van der Waals surface area (Å²) >= 11 is 0. The third-order valence-corrected chi connectivity index (χ3v) is 2.87. The van der Waals surface area contributed by atoms with Gasteiger partial charge in [-0.05, 0) is 5.56 Å². The maximum Gasteiger partial charge on any atom is 0.411 e. The molecular weight excluding hydrogens is 330 g/mol. The predicted octanol–water partition coefficient (Wildman–Crippen LogP) is 1.63. The standard InChI is InChI=1S/C13H13NO5.BrH/c15-10-6-11(12(16)17)14(7-10)13(18)19-8-9-4-2-1-3-5-9;/h1-5,11H,6-8H2,(H,16,17);1H/t11-;/m0./s1. The molecule has 0 unspecified atom stereocenters. The lowest BCUT2D eigenvalue weighted by atomic mass is 10.2. The number of rotatable bonds is 3. The summed E-state index contributed by atoms with van der Waals surface area (Å²) in [6.07, 6.45) is -0.933. The first-order valence-corrected chi connectivity index (χ1v) is 5.80. The zero-order valence-corrected chi connectivity index (χ0v) is 12.2. The molecule has 1 aliphatic heterocycles. The number of amides is 1. The van der Waals surface area contributed by atoms with Gasteiger partial charge in [0.1, 0.15) is 12.6 Å². The normalized spacial score (nSPS) is 17.5. The molecule has 0 aliphatic carbocycles. The topological polar surface area (TPSA) is 83.9 Å². The van der Waals surface area contributed by atoms with Gasteiger partial charge in [-0.3, -0.25) is 9.69 Å². The number of ketones is 1. The fourth-order valence-corrected chi connectivity index (χ4v) is 1.91. The minimum absolute atomic E-state index is 0. The highest BCUT2D eigenvalue weighted by atomic mass is 79.9. The van der Waals surface area contributed by atoms with E-state index < -0.39 is 18.1 Å². The molecular formula is C13H14BrNO5. The molecule has 1 amide bonds. The van der Waals surface area contributed by atoms with E-state index in [2.05, 4.69) is 0 Å². The summed E-state index contributed by atoms with van der Waals surface area (Å²) in [4.78, 5) is 34.9. The van der Waals surface area contributed by atoms with Gasteiger partial charge in [-0.2, -0.15) is 0 Å². The van der Waals surface area contributed by atoms with E-state index in [0.717, 1.165) is 10.5 Å². The van der Waals surface area contributed by atoms with Crippen LogP contribution < -0.4 is 0 Å². The van der Waals surface area contributed by atoms with E-state index in [1.165, 1.54) is 0 Å². The number of aliphatic carboxylic acids is 1. The van der Waals surface area contributed by atoms with Crippen molar-refractivity contribution in [2.24, 2.45) is 0 Å². The van der Waals surface area contributed by atoms with Crippen molar-refractivity contribution >= 4 is 34.8 Å². The van der Waals surface area contributed by atoms with Crippen LogP contribution in [0.5, 0.6) is 0 Å². The average molecular weight is 344 g/mol. The van der Waals surface area contributed by atoms with Crippen LogP contribution in [0.1, 0.15) is 12.0 Å². The van der Waals surface area contributed by atoms with Gasteiger partial charge in [0.25, 0.3) is 0 Å². The predicted molar refractivity (Wildman–Crippen MR) is 74.7 cm³/mol. The first kappa shape index (κ1) is 16.2. The van der Waals surface area contributed by atoms with Crippen LogP contribution in [-0.4, -0.2) is 40.4 Å².